The molecule has 3 nitrogen and oxygen atoms in total. The Morgan fingerprint density at radius 2 is 2.14 bits per heavy atom. The Kier molecular flexibility index (Phi) is 3.59. The second-order valence-electron chi connectivity index (χ2n) is 6.46. The first-order valence-electron chi connectivity index (χ1n) is 8.07. The van der Waals surface area contributed by atoms with Gasteiger partial charge in [0.2, 0.25) is 0 Å². The molecule has 4 heteroatoms. The summed E-state index contributed by atoms with van der Waals surface area (Å²) in [6.07, 6.45) is 8.82. The van der Waals surface area contributed by atoms with Crippen molar-refractivity contribution >= 4 is 27.2 Å². The van der Waals surface area contributed by atoms with E-state index in [1.807, 2.05) is 5.51 Å². The van der Waals surface area contributed by atoms with E-state index in [9.17, 15) is 0 Å². The summed E-state index contributed by atoms with van der Waals surface area (Å²) in [7, 11) is 0. The highest BCUT2D eigenvalue weighted by atomic mass is 32.1. The van der Waals surface area contributed by atoms with Crippen LogP contribution in [0.5, 0.6) is 0 Å². The highest BCUT2D eigenvalue weighted by Gasteiger charge is 2.38. The maximum Gasteiger partial charge on any atom is 0.0813 e. The Morgan fingerprint density at radius 1 is 1.24 bits per heavy atom. The third-order valence-electron chi connectivity index (χ3n) is 4.96. The van der Waals surface area contributed by atoms with Crippen LogP contribution in [0.15, 0.2) is 23.7 Å². The van der Waals surface area contributed by atoms with Crippen LogP contribution in [0.4, 0.5) is 5.69 Å². The van der Waals surface area contributed by atoms with Crippen LogP contribution in [0, 0.1) is 0 Å². The van der Waals surface area contributed by atoms with Gasteiger partial charge in [-0.1, -0.05) is 19.3 Å². The molecule has 1 saturated heterocycles. The summed E-state index contributed by atoms with van der Waals surface area (Å²) in [5.74, 6) is 0. The van der Waals surface area contributed by atoms with E-state index in [4.69, 9.17) is 4.74 Å². The van der Waals surface area contributed by atoms with Crippen LogP contribution in [-0.4, -0.2) is 23.2 Å². The van der Waals surface area contributed by atoms with Crippen LogP contribution >= 0.6 is 11.3 Å². The molecular weight excluding hydrogens is 280 g/mol. The minimum absolute atomic E-state index is 0.169. The molecular formula is C17H22N2OS. The van der Waals surface area contributed by atoms with Gasteiger partial charge in [0.25, 0.3) is 0 Å². The fourth-order valence-electron chi connectivity index (χ4n) is 3.88. The highest BCUT2D eigenvalue weighted by Crippen LogP contribution is 2.39. The van der Waals surface area contributed by atoms with Gasteiger partial charge in [0.05, 0.1) is 21.3 Å². The van der Waals surface area contributed by atoms with Gasteiger partial charge in [0, 0.05) is 18.3 Å². The number of nitrogens with zero attached hydrogens (tertiary/aromatic N) is 1. The van der Waals surface area contributed by atoms with E-state index in [0.29, 0.717) is 6.04 Å². The molecule has 1 N–H and O–H groups in total. The lowest BCUT2D eigenvalue weighted by Gasteiger charge is -2.44. The summed E-state index contributed by atoms with van der Waals surface area (Å²) >= 11 is 1.71. The number of aromatic nitrogens is 1. The number of fused-ring (bicyclic) bond motifs is 1. The van der Waals surface area contributed by atoms with Crippen LogP contribution in [-0.2, 0) is 4.74 Å². The first-order chi connectivity index (χ1) is 10.3. The van der Waals surface area contributed by atoms with Gasteiger partial charge in [0.15, 0.2) is 0 Å². The molecule has 21 heavy (non-hydrogen) atoms. The van der Waals surface area contributed by atoms with E-state index in [-0.39, 0.29) is 5.60 Å². The molecule has 0 amide bonds. The number of anilines is 1. The van der Waals surface area contributed by atoms with E-state index < -0.39 is 0 Å². The van der Waals surface area contributed by atoms with Crippen molar-refractivity contribution in [2.75, 3.05) is 11.9 Å². The summed E-state index contributed by atoms with van der Waals surface area (Å²) in [4.78, 5) is 4.35. The largest absolute Gasteiger partial charge is 0.382 e. The average Bonchev–Trinajstić information content (AvgIpc) is 2.96. The molecule has 1 aliphatic carbocycles. The zero-order valence-electron chi connectivity index (χ0n) is 12.3. The molecule has 2 heterocycles. The van der Waals surface area contributed by atoms with E-state index in [2.05, 4.69) is 28.5 Å². The summed E-state index contributed by atoms with van der Waals surface area (Å²) in [6.45, 7) is 0.903. The number of benzene rings is 1. The predicted octanol–water partition coefficient (Wildman–Crippen LogP) is 4.59. The molecule has 1 aromatic carbocycles. The van der Waals surface area contributed by atoms with Gasteiger partial charge in [-0.3, -0.25) is 0 Å². The van der Waals surface area contributed by atoms with Crippen molar-refractivity contribution in [1.82, 2.24) is 4.98 Å². The molecule has 2 aromatic rings. The Morgan fingerprint density at radius 3 is 3.05 bits per heavy atom. The Bertz CT molecular complexity index is 613. The third-order valence-corrected chi connectivity index (χ3v) is 5.75. The molecule has 1 aliphatic heterocycles. The quantitative estimate of drug-likeness (QED) is 0.881. The minimum Gasteiger partial charge on any atom is -0.382 e. The lowest BCUT2D eigenvalue weighted by molar-refractivity contribution is -0.103. The van der Waals surface area contributed by atoms with Crippen LogP contribution in [0.1, 0.15) is 44.9 Å². The summed E-state index contributed by atoms with van der Waals surface area (Å²) < 4.78 is 7.45. The molecule has 1 spiro atoms. The van der Waals surface area contributed by atoms with Crippen molar-refractivity contribution in [2.45, 2.75) is 56.6 Å². The van der Waals surface area contributed by atoms with Gasteiger partial charge in [-0.2, -0.15) is 0 Å². The minimum atomic E-state index is 0.169. The normalized spacial score (nSPS) is 25.2. The van der Waals surface area contributed by atoms with Crippen LogP contribution in [0.25, 0.3) is 10.2 Å². The van der Waals surface area contributed by atoms with Gasteiger partial charge >= 0.3 is 0 Å². The standard InChI is InChI=1S/C17H22N2OS/c1-2-7-17(8-3-1)11-14(6-9-20-17)19-13-4-5-15-16(10-13)21-12-18-15/h4-5,10,12,14,19H,1-3,6-9,11H2. The number of thiazole rings is 1. The van der Waals surface area contributed by atoms with Crippen LogP contribution < -0.4 is 5.32 Å². The smallest absolute Gasteiger partial charge is 0.0813 e. The van der Waals surface area contributed by atoms with E-state index in [1.54, 1.807) is 11.3 Å². The third kappa shape index (κ3) is 2.79. The Labute approximate surface area is 129 Å². The summed E-state index contributed by atoms with van der Waals surface area (Å²) in [5.41, 5.74) is 4.41. The SMILES string of the molecule is c1nc2ccc(NC3CCOC4(CCCCC4)C3)cc2s1. The van der Waals surface area contributed by atoms with Crippen molar-refractivity contribution in [3.8, 4) is 0 Å². The number of hydrogen-bond donors (Lipinski definition) is 1. The average molecular weight is 302 g/mol. The molecule has 1 saturated carbocycles. The highest BCUT2D eigenvalue weighted by molar-refractivity contribution is 7.16. The Hall–Kier alpha value is -1.13. The number of hydrogen-bond acceptors (Lipinski definition) is 4. The van der Waals surface area contributed by atoms with E-state index in [0.717, 1.165) is 25.0 Å². The van der Waals surface area contributed by atoms with Crippen LogP contribution in [0.3, 0.4) is 0 Å². The lowest BCUT2D eigenvalue weighted by atomic mass is 9.78. The maximum absolute atomic E-state index is 6.18. The van der Waals surface area contributed by atoms with E-state index >= 15 is 0 Å². The van der Waals surface area contributed by atoms with Gasteiger partial charge in [0.1, 0.15) is 0 Å². The monoisotopic (exact) mass is 302 g/mol. The fraction of sp³-hybridized carbons (Fsp3) is 0.588. The van der Waals surface area contributed by atoms with Crippen molar-refractivity contribution in [3.05, 3.63) is 23.7 Å². The molecule has 1 atom stereocenters. The molecule has 112 valence electrons. The fourth-order valence-corrected chi connectivity index (χ4v) is 4.59. The van der Waals surface area contributed by atoms with E-state index in [1.165, 1.54) is 42.5 Å². The van der Waals surface area contributed by atoms with Gasteiger partial charge in [-0.25, -0.2) is 4.98 Å². The topological polar surface area (TPSA) is 34.2 Å². The molecule has 0 radical (unpaired) electrons. The number of ether oxygens (including phenoxy) is 1. The molecule has 0 bridgehead atoms. The first-order valence-corrected chi connectivity index (χ1v) is 8.95. The zero-order valence-corrected chi connectivity index (χ0v) is 13.1. The zero-order chi connectivity index (χ0) is 14.1. The second kappa shape index (κ2) is 5.58. The van der Waals surface area contributed by atoms with Gasteiger partial charge in [-0.05, 0) is 43.9 Å². The van der Waals surface area contributed by atoms with Crippen molar-refractivity contribution in [2.24, 2.45) is 0 Å². The second-order valence-corrected chi connectivity index (χ2v) is 7.35. The van der Waals surface area contributed by atoms with Crippen molar-refractivity contribution in [3.63, 3.8) is 0 Å². The summed E-state index contributed by atoms with van der Waals surface area (Å²) in [6, 6.07) is 7.05. The maximum atomic E-state index is 6.18. The van der Waals surface area contributed by atoms with Crippen molar-refractivity contribution in [1.29, 1.82) is 0 Å². The lowest BCUT2D eigenvalue weighted by Crippen LogP contribution is -2.45. The predicted molar refractivity (Wildman–Crippen MR) is 88.0 cm³/mol. The van der Waals surface area contributed by atoms with Crippen LogP contribution in [0.2, 0.25) is 0 Å². The summed E-state index contributed by atoms with van der Waals surface area (Å²) in [5, 5.41) is 3.73. The first kappa shape index (κ1) is 13.5. The van der Waals surface area contributed by atoms with Gasteiger partial charge in [-0.15, -0.1) is 11.3 Å². The molecule has 2 fully saturated rings. The number of nitrogens with one attached hydrogen (secondary N) is 1. The molecule has 4 rings (SSSR count). The Balaban J connectivity index is 1.48. The molecule has 1 aromatic heterocycles. The van der Waals surface area contributed by atoms with Gasteiger partial charge < -0.3 is 10.1 Å². The molecule has 2 aliphatic rings. The molecule has 1 unspecified atom stereocenters. The van der Waals surface area contributed by atoms with Crippen molar-refractivity contribution < 1.29 is 4.74 Å². The number of rotatable bonds is 2.